The molecular formula is C45H29N3. The quantitative estimate of drug-likeness (QED) is 0.194. The first-order valence-corrected chi connectivity index (χ1v) is 16.2. The van der Waals surface area contributed by atoms with Crippen molar-refractivity contribution < 1.29 is 0 Å². The van der Waals surface area contributed by atoms with Crippen molar-refractivity contribution >= 4 is 32.3 Å². The van der Waals surface area contributed by atoms with Gasteiger partial charge in [-0.05, 0) is 72.8 Å². The van der Waals surface area contributed by atoms with Crippen LogP contribution in [0.5, 0.6) is 0 Å². The van der Waals surface area contributed by atoms with Crippen molar-refractivity contribution in [1.29, 1.82) is 0 Å². The van der Waals surface area contributed by atoms with Gasteiger partial charge in [0.1, 0.15) is 0 Å². The average Bonchev–Trinajstić information content (AvgIpc) is 3.17. The number of hydrogen-bond donors (Lipinski definition) is 0. The molecule has 0 amide bonds. The minimum Gasteiger partial charge on any atom is -0.208 e. The summed E-state index contributed by atoms with van der Waals surface area (Å²) in [4.78, 5) is 15.1. The number of benzene rings is 8. The number of aromatic nitrogens is 3. The molecule has 0 radical (unpaired) electrons. The van der Waals surface area contributed by atoms with Gasteiger partial charge in [-0.2, -0.15) is 0 Å². The second kappa shape index (κ2) is 11.7. The average molecular weight is 612 g/mol. The van der Waals surface area contributed by atoms with E-state index in [1.54, 1.807) is 0 Å². The molecule has 8 aromatic carbocycles. The minimum absolute atomic E-state index is 0.647. The third-order valence-electron chi connectivity index (χ3n) is 9.09. The van der Waals surface area contributed by atoms with Gasteiger partial charge in [0, 0.05) is 16.7 Å². The molecule has 1 heterocycles. The molecule has 3 heteroatoms. The number of rotatable bonds is 5. The van der Waals surface area contributed by atoms with Crippen molar-refractivity contribution in [3.05, 3.63) is 176 Å². The molecule has 0 bridgehead atoms. The van der Waals surface area contributed by atoms with Crippen molar-refractivity contribution in [2.75, 3.05) is 0 Å². The largest absolute Gasteiger partial charge is 0.208 e. The highest BCUT2D eigenvalue weighted by Crippen LogP contribution is 2.34. The third-order valence-corrected chi connectivity index (χ3v) is 9.09. The standard InChI is InChI=1S/C45H29N3/c1-2-13-32(14-3-1)43-46-44(48-45(47-43)42-22-10-16-31-12-5-7-20-40(31)42)38-18-8-17-33(29-38)34-23-24-36-28-37(26-25-35(36)27-34)41-21-9-15-30-11-4-6-19-39(30)41/h1-29H. The van der Waals surface area contributed by atoms with Crippen molar-refractivity contribution in [3.63, 3.8) is 0 Å². The SMILES string of the molecule is c1ccc(-c2nc(-c3cccc(-c4ccc5cc(-c6cccc7ccccc67)ccc5c4)c3)nc(-c3cccc4ccccc34)n2)cc1. The Morgan fingerprint density at radius 1 is 0.250 bits per heavy atom. The van der Waals surface area contributed by atoms with Crippen molar-refractivity contribution in [2.45, 2.75) is 0 Å². The first-order chi connectivity index (χ1) is 23.8. The molecule has 0 aliphatic carbocycles. The van der Waals surface area contributed by atoms with Gasteiger partial charge in [0.05, 0.1) is 0 Å². The molecule has 0 aliphatic heterocycles. The summed E-state index contributed by atoms with van der Waals surface area (Å²) in [6, 6.07) is 61.8. The highest BCUT2D eigenvalue weighted by atomic mass is 15.0. The highest BCUT2D eigenvalue weighted by Gasteiger charge is 2.15. The maximum atomic E-state index is 5.07. The van der Waals surface area contributed by atoms with Gasteiger partial charge in [-0.1, -0.05) is 158 Å². The van der Waals surface area contributed by atoms with Crippen LogP contribution in [0.2, 0.25) is 0 Å². The zero-order chi connectivity index (χ0) is 31.9. The van der Waals surface area contributed by atoms with Crippen LogP contribution in [0.3, 0.4) is 0 Å². The molecule has 0 saturated carbocycles. The Hall–Kier alpha value is -6.45. The van der Waals surface area contributed by atoms with Gasteiger partial charge >= 0.3 is 0 Å². The van der Waals surface area contributed by atoms with Gasteiger partial charge in [0.25, 0.3) is 0 Å². The lowest BCUT2D eigenvalue weighted by Gasteiger charge is -2.12. The molecule has 0 unspecified atom stereocenters. The predicted octanol–water partition coefficient (Wildman–Crippen LogP) is 11.7. The molecule has 9 aromatic rings. The molecule has 48 heavy (non-hydrogen) atoms. The molecule has 0 N–H and O–H groups in total. The fraction of sp³-hybridized carbons (Fsp3) is 0. The molecule has 0 aliphatic rings. The Balaban J connectivity index is 1.12. The van der Waals surface area contributed by atoms with Gasteiger partial charge in [-0.25, -0.2) is 15.0 Å². The highest BCUT2D eigenvalue weighted by molar-refractivity contribution is 6.00. The summed E-state index contributed by atoms with van der Waals surface area (Å²) in [5, 5.41) is 7.20. The van der Waals surface area contributed by atoms with E-state index in [2.05, 4.69) is 146 Å². The first-order valence-electron chi connectivity index (χ1n) is 16.2. The van der Waals surface area contributed by atoms with Crippen molar-refractivity contribution in [3.8, 4) is 56.4 Å². The summed E-state index contributed by atoms with van der Waals surface area (Å²) in [5.74, 6) is 1.96. The molecule has 0 fully saturated rings. The van der Waals surface area contributed by atoms with E-state index in [-0.39, 0.29) is 0 Å². The Kier molecular flexibility index (Phi) is 6.80. The summed E-state index contributed by atoms with van der Waals surface area (Å²) >= 11 is 0. The summed E-state index contributed by atoms with van der Waals surface area (Å²) < 4.78 is 0. The summed E-state index contributed by atoms with van der Waals surface area (Å²) in [6.07, 6.45) is 0. The smallest absolute Gasteiger partial charge is 0.164 e. The molecule has 0 atom stereocenters. The van der Waals surface area contributed by atoms with Crippen LogP contribution in [-0.4, -0.2) is 15.0 Å². The summed E-state index contributed by atoms with van der Waals surface area (Å²) in [6.45, 7) is 0. The Morgan fingerprint density at radius 2 is 0.729 bits per heavy atom. The minimum atomic E-state index is 0.647. The van der Waals surface area contributed by atoms with Crippen LogP contribution in [0.25, 0.3) is 88.7 Å². The van der Waals surface area contributed by atoms with E-state index in [1.165, 1.54) is 32.7 Å². The van der Waals surface area contributed by atoms with E-state index in [0.29, 0.717) is 17.5 Å². The van der Waals surface area contributed by atoms with E-state index in [9.17, 15) is 0 Å². The zero-order valence-corrected chi connectivity index (χ0v) is 26.1. The molecule has 0 saturated heterocycles. The number of fused-ring (bicyclic) bond motifs is 3. The normalized spacial score (nSPS) is 11.3. The Bertz CT molecular complexity index is 2610. The van der Waals surface area contributed by atoms with Crippen LogP contribution in [0, 0.1) is 0 Å². The predicted molar refractivity (Wildman–Crippen MR) is 200 cm³/mol. The molecule has 3 nitrogen and oxygen atoms in total. The second-order valence-corrected chi connectivity index (χ2v) is 12.1. The van der Waals surface area contributed by atoms with E-state index in [0.717, 1.165) is 38.6 Å². The van der Waals surface area contributed by atoms with Crippen LogP contribution >= 0.6 is 0 Å². The van der Waals surface area contributed by atoms with E-state index in [1.807, 2.05) is 30.3 Å². The van der Waals surface area contributed by atoms with Gasteiger partial charge in [-0.15, -0.1) is 0 Å². The van der Waals surface area contributed by atoms with Crippen LogP contribution in [0.1, 0.15) is 0 Å². The topological polar surface area (TPSA) is 38.7 Å². The van der Waals surface area contributed by atoms with Gasteiger partial charge in [0.2, 0.25) is 0 Å². The van der Waals surface area contributed by atoms with Gasteiger partial charge < -0.3 is 0 Å². The molecule has 0 spiro atoms. The molecule has 1 aromatic heterocycles. The maximum Gasteiger partial charge on any atom is 0.164 e. The van der Waals surface area contributed by atoms with Crippen LogP contribution in [0.4, 0.5) is 0 Å². The lowest BCUT2D eigenvalue weighted by atomic mass is 9.94. The lowest BCUT2D eigenvalue weighted by molar-refractivity contribution is 1.08. The maximum absolute atomic E-state index is 5.07. The summed E-state index contributed by atoms with van der Waals surface area (Å²) in [5.41, 5.74) is 7.62. The lowest BCUT2D eigenvalue weighted by Crippen LogP contribution is -2.00. The van der Waals surface area contributed by atoms with E-state index >= 15 is 0 Å². The van der Waals surface area contributed by atoms with Gasteiger partial charge in [0.15, 0.2) is 17.5 Å². The monoisotopic (exact) mass is 611 g/mol. The van der Waals surface area contributed by atoms with Crippen LogP contribution in [0.15, 0.2) is 176 Å². The fourth-order valence-electron chi connectivity index (χ4n) is 6.67. The molecular weight excluding hydrogens is 583 g/mol. The molecule has 9 rings (SSSR count). The summed E-state index contributed by atoms with van der Waals surface area (Å²) in [7, 11) is 0. The van der Waals surface area contributed by atoms with E-state index in [4.69, 9.17) is 15.0 Å². The number of nitrogens with zero attached hydrogens (tertiary/aromatic N) is 3. The fourth-order valence-corrected chi connectivity index (χ4v) is 6.67. The number of hydrogen-bond acceptors (Lipinski definition) is 3. The van der Waals surface area contributed by atoms with E-state index < -0.39 is 0 Å². The van der Waals surface area contributed by atoms with Gasteiger partial charge in [-0.3, -0.25) is 0 Å². The second-order valence-electron chi connectivity index (χ2n) is 12.1. The Morgan fingerprint density at radius 3 is 1.48 bits per heavy atom. The Labute approximate surface area is 278 Å². The van der Waals surface area contributed by atoms with Crippen molar-refractivity contribution in [2.24, 2.45) is 0 Å². The van der Waals surface area contributed by atoms with Crippen molar-refractivity contribution in [1.82, 2.24) is 15.0 Å². The third kappa shape index (κ3) is 5.08. The van der Waals surface area contributed by atoms with Crippen LogP contribution in [-0.2, 0) is 0 Å². The first kappa shape index (κ1) is 27.8. The molecule has 224 valence electrons. The zero-order valence-electron chi connectivity index (χ0n) is 26.1. The van der Waals surface area contributed by atoms with Crippen LogP contribution < -0.4 is 0 Å².